The number of Topliss-reactive ketones (excluding diaryl/α,β-unsaturated/α-hetero) is 4. The Morgan fingerprint density at radius 3 is 1.42 bits per heavy atom. The Morgan fingerprint density at radius 1 is 0.644 bits per heavy atom. The van der Waals surface area contributed by atoms with Gasteiger partial charge in [-0.3, -0.25) is 57.7 Å². The van der Waals surface area contributed by atoms with Crippen LogP contribution < -0.4 is 11.5 Å². The first kappa shape index (κ1) is 64.3. The van der Waals surface area contributed by atoms with E-state index in [2.05, 4.69) is 32.7 Å². The van der Waals surface area contributed by atoms with Gasteiger partial charge in [-0.2, -0.15) is 12.6 Å². The molecule has 6 N–H and O–H groups in total. The number of amides is 4. The summed E-state index contributed by atoms with van der Waals surface area (Å²) >= 11 is 4.89. The van der Waals surface area contributed by atoms with E-state index in [1.54, 1.807) is 48.5 Å². The molecule has 0 aliphatic carbocycles. The number of thiol groups is 1. The number of carboxylic acids is 2. The van der Waals surface area contributed by atoms with Gasteiger partial charge in [0.15, 0.2) is 11.6 Å². The van der Waals surface area contributed by atoms with Crippen molar-refractivity contribution >= 4 is 83.1 Å². The van der Waals surface area contributed by atoms with E-state index in [1.807, 2.05) is 0 Å². The van der Waals surface area contributed by atoms with Gasteiger partial charge in [-0.25, -0.2) is 0 Å². The predicted octanol–water partition coefficient (Wildman–Crippen LogP) is 6.84. The third kappa shape index (κ3) is 24.5. The zero-order chi connectivity index (χ0) is 53.4. The second-order valence-corrected chi connectivity index (χ2v) is 18.1. The Hall–Kier alpha value is -6.68. The molecule has 1 fully saturated rings. The molecule has 1 saturated heterocycles. The monoisotopic (exact) mass is 1050 g/mol. The molecule has 4 amide bonds. The molecule has 2 aliphatic rings. The highest BCUT2D eigenvalue weighted by Crippen LogP contribution is 2.27. The predicted molar refractivity (Wildman–Crippen MR) is 277 cm³/mol. The first-order chi connectivity index (χ1) is 34.5. The maximum atomic E-state index is 12.5. The van der Waals surface area contributed by atoms with Crippen LogP contribution in [0.15, 0.2) is 70.9 Å². The summed E-state index contributed by atoms with van der Waals surface area (Å²) in [6.07, 6.45) is 8.23. The van der Waals surface area contributed by atoms with E-state index in [4.69, 9.17) is 32.7 Å². The number of carbonyl (C=O) groups is 10. The van der Waals surface area contributed by atoms with Gasteiger partial charge >= 0.3 is 11.9 Å². The molecule has 1 unspecified atom stereocenters. The minimum atomic E-state index is -1.04. The highest BCUT2D eigenvalue weighted by atomic mass is 32.2. The first-order valence-electron chi connectivity index (χ1n) is 23.2. The average Bonchev–Trinajstić information content (AvgIpc) is 3.84. The number of thioether (sulfide) groups is 1. The Morgan fingerprint density at radius 2 is 1.05 bits per heavy atom. The molecule has 0 saturated carbocycles. The SMILES string of the molecule is C.NC[C@@H](CS)C(=O)O.[N-]=[N+]=NCc1ccc(C(=O)CCCCCC(=O)CCN2C(=O)C=CC2=O)cc1.[N-]=[N+]=NCc1ccc(C(=O)CCCCCC(=O)CCN2C(=O)CC(SC[C@H](CN)C(=O)O)C2=O)cc1. The van der Waals surface area contributed by atoms with Gasteiger partial charge in [-0.05, 0) is 47.9 Å². The van der Waals surface area contributed by atoms with Crippen molar-refractivity contribution in [1.82, 2.24) is 9.80 Å². The lowest BCUT2D eigenvalue weighted by atomic mass is 10.0. The number of carbonyl (C=O) groups excluding carboxylic acids is 8. The number of benzene rings is 2. The first-order valence-corrected chi connectivity index (χ1v) is 24.9. The molecule has 3 atom stereocenters. The van der Waals surface area contributed by atoms with Crippen LogP contribution in [0, 0.1) is 11.8 Å². The molecular weight excluding hydrogens is 985 g/mol. The summed E-state index contributed by atoms with van der Waals surface area (Å²) in [5.41, 5.74) is 30.0. The number of ketones is 4. The molecule has 0 radical (unpaired) electrons. The summed E-state index contributed by atoms with van der Waals surface area (Å²) in [6, 6.07) is 13.9. The zero-order valence-electron chi connectivity index (χ0n) is 39.9. The van der Waals surface area contributed by atoms with Crippen LogP contribution in [0.2, 0.25) is 0 Å². The summed E-state index contributed by atoms with van der Waals surface area (Å²) in [4.78, 5) is 125. The van der Waals surface area contributed by atoms with Gasteiger partial charge in [0.2, 0.25) is 11.8 Å². The van der Waals surface area contributed by atoms with Crippen molar-refractivity contribution in [3.63, 3.8) is 0 Å². The smallest absolute Gasteiger partial charge is 0.308 e. The summed E-state index contributed by atoms with van der Waals surface area (Å²) < 4.78 is 0. The van der Waals surface area contributed by atoms with E-state index >= 15 is 0 Å². The summed E-state index contributed by atoms with van der Waals surface area (Å²) in [5, 5.41) is 23.6. The second kappa shape index (κ2) is 36.3. The lowest BCUT2D eigenvalue weighted by Gasteiger charge is -2.15. The maximum Gasteiger partial charge on any atom is 0.308 e. The maximum absolute atomic E-state index is 12.5. The van der Waals surface area contributed by atoms with Gasteiger partial charge in [0.25, 0.3) is 11.8 Å². The summed E-state index contributed by atoms with van der Waals surface area (Å²) in [5.74, 6) is -4.19. The van der Waals surface area contributed by atoms with Crippen LogP contribution in [0.5, 0.6) is 0 Å². The molecule has 24 heteroatoms. The van der Waals surface area contributed by atoms with Crippen LogP contribution in [0.4, 0.5) is 0 Å². The van der Waals surface area contributed by atoms with E-state index in [0.29, 0.717) is 74.7 Å². The fourth-order valence-electron chi connectivity index (χ4n) is 6.79. The van der Waals surface area contributed by atoms with E-state index < -0.39 is 29.0 Å². The number of nitrogens with zero attached hydrogens (tertiary/aromatic N) is 8. The molecule has 22 nitrogen and oxygen atoms in total. The van der Waals surface area contributed by atoms with E-state index in [-0.39, 0.29) is 118 Å². The van der Waals surface area contributed by atoms with Crippen LogP contribution in [0.25, 0.3) is 20.9 Å². The standard InChI is InChI=1S/C24H31N5O6S.C20H22N4O4.C4H9NO2S.CH4/c25-13-18(24(34)35)15-36-21-12-22(32)29(23(21)33)11-10-19(30)4-2-1-3-5-20(31)17-8-6-16(7-9-17)14-27-28-26;21-23-22-14-15-6-8-16(9-7-15)18(26)5-3-1-2-4-17(25)12-13-24-19(27)10-11-20(24)28;5-1-3(2-8)4(6)7;/h6-9,18,21H,1-5,10-15,25H2,(H,34,35);6-11H,1-5,12-14H2;3,8H,1-2,5H2,(H,6,7);1H4/t18-,21?;;3-;/m0.0./s1. The molecule has 0 spiro atoms. The number of carboxylic acid groups (broad SMARTS) is 2. The molecule has 73 heavy (non-hydrogen) atoms. The van der Waals surface area contributed by atoms with Crippen LogP contribution in [-0.2, 0) is 51.4 Å². The Bertz CT molecular complexity index is 2320. The van der Waals surface area contributed by atoms with Gasteiger partial charge < -0.3 is 21.7 Å². The van der Waals surface area contributed by atoms with Crippen LogP contribution in [-0.4, -0.2) is 122 Å². The number of nitrogens with two attached hydrogens (primary N) is 2. The van der Waals surface area contributed by atoms with Crippen molar-refractivity contribution in [2.45, 2.75) is 109 Å². The third-order valence-corrected chi connectivity index (χ3v) is 13.0. The molecule has 396 valence electrons. The minimum Gasteiger partial charge on any atom is -0.481 e. The van der Waals surface area contributed by atoms with Gasteiger partial charge in [-0.1, -0.05) is 79.0 Å². The molecular formula is C49H66N10O12S2. The lowest BCUT2D eigenvalue weighted by molar-refractivity contribution is -0.141. The molecule has 2 aromatic carbocycles. The number of hydrogen-bond donors (Lipinski definition) is 5. The highest BCUT2D eigenvalue weighted by Gasteiger charge is 2.39. The quantitative estimate of drug-likeness (QED) is 0.00952. The van der Waals surface area contributed by atoms with Gasteiger partial charge in [-0.15, -0.1) is 11.8 Å². The Labute approximate surface area is 433 Å². The van der Waals surface area contributed by atoms with Crippen molar-refractivity contribution in [3.8, 4) is 0 Å². The van der Waals surface area contributed by atoms with E-state index in [1.165, 1.54) is 12.2 Å². The molecule has 2 heterocycles. The fourth-order valence-corrected chi connectivity index (χ4v) is 8.37. The lowest BCUT2D eigenvalue weighted by Crippen LogP contribution is -2.34. The fraction of sp³-hybridized carbons (Fsp3) is 0.510. The molecule has 2 aliphatic heterocycles. The topological polar surface area (TPSA) is 367 Å². The Kier molecular flexibility index (Phi) is 32.0. The average molecular weight is 1050 g/mol. The summed E-state index contributed by atoms with van der Waals surface area (Å²) in [7, 11) is 0. The number of unbranched alkanes of at least 4 members (excludes halogenated alkanes) is 4. The number of rotatable bonds is 32. The van der Waals surface area contributed by atoms with Crippen molar-refractivity contribution in [3.05, 3.63) is 104 Å². The number of aliphatic carboxylic acids is 2. The molecule has 2 aromatic rings. The normalized spacial score (nSPS) is 14.3. The largest absolute Gasteiger partial charge is 0.481 e. The van der Waals surface area contributed by atoms with Gasteiger partial charge in [0.05, 0.1) is 30.2 Å². The highest BCUT2D eigenvalue weighted by molar-refractivity contribution is 8.00. The molecule has 0 aromatic heterocycles. The van der Waals surface area contributed by atoms with Crippen LogP contribution in [0.1, 0.15) is 123 Å². The summed E-state index contributed by atoms with van der Waals surface area (Å²) in [6.45, 7) is 0.768. The third-order valence-electron chi connectivity index (χ3n) is 11.2. The van der Waals surface area contributed by atoms with E-state index in [0.717, 1.165) is 39.1 Å². The molecule has 0 bridgehead atoms. The zero-order valence-corrected chi connectivity index (χ0v) is 41.6. The van der Waals surface area contributed by atoms with Crippen LogP contribution in [0.3, 0.4) is 0 Å². The number of azide groups is 2. The van der Waals surface area contributed by atoms with Gasteiger partial charge in [0, 0.05) is 116 Å². The number of hydrogen-bond acceptors (Lipinski definition) is 16. The Balaban J connectivity index is 0.000000640. The number of imide groups is 2. The van der Waals surface area contributed by atoms with Crippen molar-refractivity contribution in [2.24, 2.45) is 33.5 Å². The van der Waals surface area contributed by atoms with Gasteiger partial charge in [0.1, 0.15) is 11.6 Å². The minimum absolute atomic E-state index is 0. The van der Waals surface area contributed by atoms with E-state index in [9.17, 15) is 47.9 Å². The number of likely N-dealkylation sites (tertiary alicyclic amines) is 1. The van der Waals surface area contributed by atoms with Crippen molar-refractivity contribution in [2.75, 3.05) is 37.7 Å². The van der Waals surface area contributed by atoms with Crippen molar-refractivity contribution in [1.29, 1.82) is 0 Å². The second-order valence-electron chi connectivity index (χ2n) is 16.5. The van der Waals surface area contributed by atoms with Crippen molar-refractivity contribution < 1.29 is 58.2 Å². The van der Waals surface area contributed by atoms with Crippen LogP contribution >= 0.6 is 24.4 Å². The molecule has 4 rings (SSSR count).